The van der Waals surface area contributed by atoms with Crippen LogP contribution >= 0.6 is 15.9 Å². The number of nitrogens with one attached hydrogen (secondary N) is 1. The summed E-state index contributed by atoms with van der Waals surface area (Å²) in [6, 6.07) is 4.86. The topological polar surface area (TPSA) is 32.3 Å². The van der Waals surface area contributed by atoms with Crippen molar-refractivity contribution in [3.63, 3.8) is 0 Å². The van der Waals surface area contributed by atoms with E-state index in [9.17, 15) is 9.50 Å². The summed E-state index contributed by atoms with van der Waals surface area (Å²) in [5.74, 6) is -0.245. The van der Waals surface area contributed by atoms with E-state index >= 15 is 0 Å². The smallest absolute Gasteiger partial charge is 0.129 e. The Morgan fingerprint density at radius 1 is 1.50 bits per heavy atom. The molecule has 0 radical (unpaired) electrons. The molecule has 0 spiro atoms. The maximum Gasteiger partial charge on any atom is 0.129 e. The van der Waals surface area contributed by atoms with E-state index in [1.54, 1.807) is 26.0 Å². The lowest BCUT2D eigenvalue weighted by Gasteiger charge is -2.22. The third kappa shape index (κ3) is 4.20. The van der Waals surface area contributed by atoms with Crippen molar-refractivity contribution in [3.05, 3.63) is 34.1 Å². The Balaban J connectivity index is 2.70. The van der Waals surface area contributed by atoms with Gasteiger partial charge < -0.3 is 10.4 Å². The Labute approximate surface area is 104 Å². The summed E-state index contributed by atoms with van der Waals surface area (Å²) >= 11 is 3.22. The fourth-order valence-corrected chi connectivity index (χ4v) is 1.70. The largest absolute Gasteiger partial charge is 0.389 e. The second-order valence-corrected chi connectivity index (χ2v) is 5.50. The molecule has 1 unspecified atom stereocenters. The number of aliphatic hydroxyl groups is 1. The van der Waals surface area contributed by atoms with E-state index in [0.717, 1.165) is 4.47 Å². The van der Waals surface area contributed by atoms with Crippen molar-refractivity contribution in [2.75, 3.05) is 6.54 Å². The second kappa shape index (κ2) is 5.25. The molecule has 0 heterocycles. The minimum absolute atomic E-state index is 0.125. The summed E-state index contributed by atoms with van der Waals surface area (Å²) in [5, 5.41) is 12.7. The standard InChI is InChI=1S/C12H17BrFNO/c1-8(15-7-12(2,3)16)10-5-4-9(13)6-11(10)14/h4-6,8,15-16H,7H2,1-3H3. The molecular weight excluding hydrogens is 273 g/mol. The minimum atomic E-state index is -0.792. The maximum absolute atomic E-state index is 13.6. The van der Waals surface area contributed by atoms with Gasteiger partial charge in [0.25, 0.3) is 0 Å². The number of hydrogen-bond acceptors (Lipinski definition) is 2. The quantitative estimate of drug-likeness (QED) is 0.893. The van der Waals surface area contributed by atoms with E-state index in [1.807, 2.05) is 6.92 Å². The zero-order chi connectivity index (χ0) is 12.3. The van der Waals surface area contributed by atoms with Crippen molar-refractivity contribution in [1.29, 1.82) is 0 Å². The highest BCUT2D eigenvalue weighted by atomic mass is 79.9. The Morgan fingerprint density at radius 3 is 2.62 bits per heavy atom. The van der Waals surface area contributed by atoms with Gasteiger partial charge >= 0.3 is 0 Å². The van der Waals surface area contributed by atoms with Gasteiger partial charge in [0.1, 0.15) is 5.82 Å². The molecule has 0 aliphatic rings. The minimum Gasteiger partial charge on any atom is -0.389 e. The first kappa shape index (κ1) is 13.6. The molecular formula is C12H17BrFNO. The van der Waals surface area contributed by atoms with Crippen molar-refractivity contribution >= 4 is 15.9 Å². The lowest BCUT2D eigenvalue weighted by atomic mass is 10.1. The van der Waals surface area contributed by atoms with E-state index in [1.165, 1.54) is 6.07 Å². The van der Waals surface area contributed by atoms with Crippen molar-refractivity contribution in [2.45, 2.75) is 32.4 Å². The monoisotopic (exact) mass is 289 g/mol. The van der Waals surface area contributed by atoms with Crippen LogP contribution in [0, 0.1) is 5.82 Å². The highest BCUT2D eigenvalue weighted by Crippen LogP contribution is 2.21. The summed E-state index contributed by atoms with van der Waals surface area (Å²) in [5.41, 5.74) is -0.187. The molecule has 0 aromatic heterocycles. The van der Waals surface area contributed by atoms with Gasteiger partial charge in [-0.05, 0) is 32.9 Å². The van der Waals surface area contributed by atoms with Crippen molar-refractivity contribution in [1.82, 2.24) is 5.32 Å². The van der Waals surface area contributed by atoms with Gasteiger partial charge in [-0.25, -0.2) is 4.39 Å². The van der Waals surface area contributed by atoms with E-state index in [0.29, 0.717) is 12.1 Å². The molecule has 16 heavy (non-hydrogen) atoms. The molecule has 1 aromatic carbocycles. The first-order chi connectivity index (χ1) is 7.29. The molecule has 1 aromatic rings. The molecule has 0 aliphatic carbocycles. The third-order valence-corrected chi connectivity index (χ3v) is 2.76. The average Bonchev–Trinajstić information content (AvgIpc) is 2.13. The lowest BCUT2D eigenvalue weighted by Crippen LogP contribution is -2.36. The number of rotatable bonds is 4. The first-order valence-corrected chi connectivity index (χ1v) is 5.99. The second-order valence-electron chi connectivity index (χ2n) is 4.58. The highest BCUT2D eigenvalue weighted by molar-refractivity contribution is 9.10. The van der Waals surface area contributed by atoms with Crippen molar-refractivity contribution in [3.8, 4) is 0 Å². The molecule has 2 N–H and O–H groups in total. The van der Waals surface area contributed by atoms with Crippen LogP contribution in [0.5, 0.6) is 0 Å². The predicted octanol–water partition coefficient (Wildman–Crippen LogP) is 3.01. The molecule has 0 fully saturated rings. The summed E-state index contributed by atoms with van der Waals surface area (Å²) in [7, 11) is 0. The molecule has 1 atom stereocenters. The summed E-state index contributed by atoms with van der Waals surface area (Å²) in [6.45, 7) is 5.72. The zero-order valence-electron chi connectivity index (χ0n) is 9.72. The van der Waals surface area contributed by atoms with E-state index in [-0.39, 0.29) is 11.9 Å². The van der Waals surface area contributed by atoms with Crippen LogP contribution in [-0.2, 0) is 0 Å². The summed E-state index contributed by atoms with van der Waals surface area (Å²) in [4.78, 5) is 0. The molecule has 0 saturated heterocycles. The van der Waals surface area contributed by atoms with Crippen molar-refractivity contribution < 1.29 is 9.50 Å². The van der Waals surface area contributed by atoms with Crippen LogP contribution in [-0.4, -0.2) is 17.3 Å². The Morgan fingerprint density at radius 2 is 2.12 bits per heavy atom. The van der Waals surface area contributed by atoms with E-state index in [4.69, 9.17) is 0 Å². The van der Waals surface area contributed by atoms with Gasteiger partial charge in [-0.3, -0.25) is 0 Å². The van der Waals surface area contributed by atoms with Crippen LogP contribution in [0.2, 0.25) is 0 Å². The molecule has 1 rings (SSSR count). The maximum atomic E-state index is 13.6. The predicted molar refractivity (Wildman–Crippen MR) is 66.8 cm³/mol. The van der Waals surface area contributed by atoms with Gasteiger partial charge in [0.2, 0.25) is 0 Å². The first-order valence-electron chi connectivity index (χ1n) is 5.20. The Hall–Kier alpha value is -0.450. The molecule has 0 bridgehead atoms. The number of halogens is 2. The van der Waals surface area contributed by atoms with E-state index < -0.39 is 5.60 Å². The van der Waals surface area contributed by atoms with Crippen LogP contribution < -0.4 is 5.32 Å². The van der Waals surface area contributed by atoms with Crippen LogP contribution in [0.3, 0.4) is 0 Å². The van der Waals surface area contributed by atoms with Gasteiger partial charge in [0.05, 0.1) is 5.60 Å². The Bertz CT molecular complexity index is 363. The zero-order valence-corrected chi connectivity index (χ0v) is 11.3. The fraction of sp³-hybridized carbons (Fsp3) is 0.500. The highest BCUT2D eigenvalue weighted by Gasteiger charge is 2.16. The van der Waals surface area contributed by atoms with Crippen LogP contribution in [0.25, 0.3) is 0 Å². The Kier molecular flexibility index (Phi) is 4.47. The summed E-state index contributed by atoms with van der Waals surface area (Å²) in [6.07, 6.45) is 0. The van der Waals surface area contributed by atoms with Gasteiger partial charge in [-0.2, -0.15) is 0 Å². The number of benzene rings is 1. The molecule has 0 aliphatic heterocycles. The lowest BCUT2D eigenvalue weighted by molar-refractivity contribution is 0.0769. The fourth-order valence-electron chi connectivity index (χ4n) is 1.37. The van der Waals surface area contributed by atoms with Gasteiger partial charge in [0.15, 0.2) is 0 Å². The third-order valence-electron chi connectivity index (χ3n) is 2.27. The van der Waals surface area contributed by atoms with Crippen molar-refractivity contribution in [2.24, 2.45) is 0 Å². The van der Waals surface area contributed by atoms with Gasteiger partial charge in [-0.15, -0.1) is 0 Å². The molecule has 0 saturated carbocycles. The summed E-state index contributed by atoms with van der Waals surface area (Å²) < 4.78 is 14.3. The average molecular weight is 290 g/mol. The molecule has 4 heteroatoms. The number of hydrogen-bond donors (Lipinski definition) is 2. The molecule has 2 nitrogen and oxygen atoms in total. The van der Waals surface area contributed by atoms with E-state index in [2.05, 4.69) is 21.2 Å². The molecule has 0 amide bonds. The normalized spacial score (nSPS) is 13.9. The van der Waals surface area contributed by atoms with Gasteiger partial charge in [-0.1, -0.05) is 22.0 Å². The van der Waals surface area contributed by atoms with Crippen LogP contribution in [0.15, 0.2) is 22.7 Å². The molecule has 90 valence electrons. The van der Waals surface area contributed by atoms with Gasteiger partial charge in [0, 0.05) is 22.6 Å². The SMILES string of the molecule is CC(NCC(C)(C)O)c1ccc(Br)cc1F. The van der Waals surface area contributed by atoms with Crippen LogP contribution in [0.1, 0.15) is 32.4 Å². The van der Waals surface area contributed by atoms with Crippen LogP contribution in [0.4, 0.5) is 4.39 Å².